The number of benzene rings is 1. The number of carbonyl (C=O) groups excluding carboxylic acids is 1. The minimum absolute atomic E-state index is 0.205. The van der Waals surface area contributed by atoms with Gasteiger partial charge in [-0.25, -0.2) is 0 Å². The maximum absolute atomic E-state index is 12.2. The van der Waals surface area contributed by atoms with Gasteiger partial charge >= 0.3 is 0 Å². The molecular weight excluding hydrogens is 260 g/mol. The highest BCUT2D eigenvalue weighted by molar-refractivity contribution is 5.78. The van der Waals surface area contributed by atoms with Gasteiger partial charge in [0.2, 0.25) is 5.91 Å². The maximum Gasteiger partial charge on any atom is 0.220 e. The minimum atomic E-state index is 0.205. The van der Waals surface area contributed by atoms with Gasteiger partial charge in [-0.3, -0.25) is 4.79 Å². The van der Waals surface area contributed by atoms with E-state index in [9.17, 15) is 4.79 Å². The van der Waals surface area contributed by atoms with E-state index < -0.39 is 0 Å². The minimum Gasteiger partial charge on any atom is -0.384 e. The lowest BCUT2D eigenvalue weighted by molar-refractivity contribution is -0.121. The van der Waals surface area contributed by atoms with Crippen molar-refractivity contribution in [2.45, 2.75) is 44.9 Å². The number of nitrogens with one attached hydrogen (secondary N) is 2. The molecule has 1 saturated carbocycles. The number of para-hydroxylation sites is 1. The van der Waals surface area contributed by atoms with Crippen LogP contribution in [-0.2, 0) is 4.79 Å². The Balaban J connectivity index is 1.47. The van der Waals surface area contributed by atoms with Gasteiger partial charge in [0.1, 0.15) is 0 Å². The lowest BCUT2D eigenvalue weighted by Gasteiger charge is -2.26. The predicted octanol–water partition coefficient (Wildman–Crippen LogP) is 3.53. The van der Waals surface area contributed by atoms with Crippen LogP contribution in [0.4, 0.5) is 5.69 Å². The van der Waals surface area contributed by atoms with E-state index in [2.05, 4.69) is 35.8 Å². The normalized spacial score (nSPS) is 27.8. The van der Waals surface area contributed by atoms with Gasteiger partial charge in [0.25, 0.3) is 0 Å². The molecule has 1 aromatic carbocycles. The summed E-state index contributed by atoms with van der Waals surface area (Å²) in [6.45, 7) is 4.08. The quantitative estimate of drug-likeness (QED) is 0.889. The van der Waals surface area contributed by atoms with E-state index in [4.69, 9.17) is 0 Å². The summed E-state index contributed by atoms with van der Waals surface area (Å²) in [6.07, 6.45) is 5.83. The average molecular weight is 286 g/mol. The zero-order valence-electron chi connectivity index (χ0n) is 12.9. The summed E-state index contributed by atoms with van der Waals surface area (Å²) < 4.78 is 0. The molecule has 1 aromatic rings. The number of fused-ring (bicyclic) bond motifs is 1. The van der Waals surface area contributed by atoms with Crippen molar-refractivity contribution in [2.75, 3.05) is 18.4 Å². The molecule has 0 bridgehead atoms. The molecule has 114 valence electrons. The molecule has 21 heavy (non-hydrogen) atoms. The molecular formula is C18H26N2O. The third-order valence-electron chi connectivity index (χ3n) is 5.00. The second-order valence-electron chi connectivity index (χ2n) is 6.81. The number of rotatable bonds is 4. The average Bonchev–Trinajstić information content (AvgIpc) is 2.89. The van der Waals surface area contributed by atoms with Gasteiger partial charge in [0.05, 0.1) is 0 Å². The fourth-order valence-corrected chi connectivity index (χ4v) is 3.84. The molecule has 3 unspecified atom stereocenters. The first-order valence-corrected chi connectivity index (χ1v) is 8.32. The van der Waals surface area contributed by atoms with Gasteiger partial charge in [-0.15, -0.1) is 0 Å². The topological polar surface area (TPSA) is 41.1 Å². The van der Waals surface area contributed by atoms with Crippen LogP contribution in [0.5, 0.6) is 0 Å². The summed E-state index contributed by atoms with van der Waals surface area (Å²) in [4.78, 5) is 12.2. The van der Waals surface area contributed by atoms with E-state index in [1.54, 1.807) is 0 Å². The molecule has 1 aliphatic heterocycles. The predicted molar refractivity (Wildman–Crippen MR) is 86.4 cm³/mol. The summed E-state index contributed by atoms with van der Waals surface area (Å²) in [5, 5.41) is 6.55. The Hall–Kier alpha value is -1.51. The van der Waals surface area contributed by atoms with Crippen LogP contribution in [0.3, 0.4) is 0 Å². The Kier molecular flexibility index (Phi) is 4.47. The Bertz CT molecular complexity index is 500. The zero-order chi connectivity index (χ0) is 14.7. The van der Waals surface area contributed by atoms with Gasteiger partial charge < -0.3 is 10.6 Å². The molecule has 1 fully saturated rings. The van der Waals surface area contributed by atoms with E-state index in [-0.39, 0.29) is 5.91 Å². The van der Waals surface area contributed by atoms with E-state index in [1.807, 2.05) is 6.07 Å². The van der Waals surface area contributed by atoms with Crippen LogP contribution in [0.2, 0.25) is 0 Å². The van der Waals surface area contributed by atoms with E-state index in [1.165, 1.54) is 36.9 Å². The number of hydrogen-bond acceptors (Lipinski definition) is 2. The standard InChI is InChI=1S/C18H26N2O/c1-13-5-4-6-14(9-13)11-20-18(21)10-15-12-19-17-8-3-2-7-16(15)17/h2-3,7-8,13-15,19H,4-6,9-12H2,1H3,(H,20,21). The third kappa shape index (κ3) is 3.58. The van der Waals surface area contributed by atoms with Crippen LogP contribution < -0.4 is 10.6 Å². The summed E-state index contributed by atoms with van der Waals surface area (Å²) in [5.41, 5.74) is 2.48. The molecule has 0 radical (unpaired) electrons. The van der Waals surface area contributed by atoms with Crippen LogP contribution in [0, 0.1) is 11.8 Å². The Morgan fingerprint density at radius 3 is 3.05 bits per heavy atom. The molecule has 3 heteroatoms. The van der Waals surface area contributed by atoms with Crippen LogP contribution in [-0.4, -0.2) is 19.0 Å². The van der Waals surface area contributed by atoms with Crippen molar-refractivity contribution < 1.29 is 4.79 Å². The summed E-state index contributed by atoms with van der Waals surface area (Å²) in [6, 6.07) is 8.32. The lowest BCUT2D eigenvalue weighted by Crippen LogP contribution is -2.32. The van der Waals surface area contributed by atoms with Crippen molar-refractivity contribution in [1.82, 2.24) is 5.32 Å². The van der Waals surface area contributed by atoms with Gasteiger partial charge in [-0.1, -0.05) is 38.0 Å². The first kappa shape index (κ1) is 14.4. The molecule has 0 aromatic heterocycles. The van der Waals surface area contributed by atoms with Crippen molar-refractivity contribution in [3.8, 4) is 0 Å². The molecule has 0 spiro atoms. The second-order valence-corrected chi connectivity index (χ2v) is 6.81. The molecule has 1 heterocycles. The van der Waals surface area contributed by atoms with Crippen LogP contribution in [0.15, 0.2) is 24.3 Å². The van der Waals surface area contributed by atoms with E-state index in [0.29, 0.717) is 18.3 Å². The molecule has 3 rings (SSSR count). The number of hydrogen-bond donors (Lipinski definition) is 2. The molecule has 1 amide bonds. The van der Waals surface area contributed by atoms with E-state index in [0.717, 1.165) is 19.0 Å². The largest absolute Gasteiger partial charge is 0.384 e. The van der Waals surface area contributed by atoms with Gasteiger partial charge in [-0.2, -0.15) is 0 Å². The third-order valence-corrected chi connectivity index (χ3v) is 5.00. The first-order chi connectivity index (χ1) is 10.2. The van der Waals surface area contributed by atoms with Crippen molar-refractivity contribution >= 4 is 11.6 Å². The Morgan fingerprint density at radius 2 is 2.19 bits per heavy atom. The first-order valence-electron chi connectivity index (χ1n) is 8.32. The smallest absolute Gasteiger partial charge is 0.220 e. The molecule has 0 saturated heterocycles. The lowest BCUT2D eigenvalue weighted by atomic mass is 9.82. The van der Waals surface area contributed by atoms with Crippen LogP contribution in [0.1, 0.15) is 50.5 Å². The summed E-state index contributed by atoms with van der Waals surface area (Å²) in [5.74, 6) is 2.04. The maximum atomic E-state index is 12.2. The number of amides is 1. The fourth-order valence-electron chi connectivity index (χ4n) is 3.84. The Morgan fingerprint density at radius 1 is 1.33 bits per heavy atom. The molecule has 2 aliphatic rings. The van der Waals surface area contributed by atoms with Gasteiger partial charge in [0.15, 0.2) is 0 Å². The molecule has 1 aliphatic carbocycles. The zero-order valence-corrected chi connectivity index (χ0v) is 12.9. The van der Waals surface area contributed by atoms with Crippen LogP contribution in [0.25, 0.3) is 0 Å². The summed E-state index contributed by atoms with van der Waals surface area (Å²) >= 11 is 0. The van der Waals surface area contributed by atoms with Gasteiger partial charge in [0, 0.05) is 31.1 Å². The second kappa shape index (κ2) is 6.50. The number of anilines is 1. The SMILES string of the molecule is CC1CCCC(CNC(=O)CC2CNc3ccccc32)C1. The monoisotopic (exact) mass is 286 g/mol. The highest BCUT2D eigenvalue weighted by Gasteiger charge is 2.24. The fraction of sp³-hybridized carbons (Fsp3) is 0.611. The highest BCUT2D eigenvalue weighted by atomic mass is 16.1. The highest BCUT2D eigenvalue weighted by Crippen LogP contribution is 2.33. The Labute approximate surface area is 127 Å². The van der Waals surface area contributed by atoms with Crippen molar-refractivity contribution in [3.63, 3.8) is 0 Å². The van der Waals surface area contributed by atoms with Gasteiger partial charge in [-0.05, 0) is 36.3 Å². The molecule has 3 nitrogen and oxygen atoms in total. The van der Waals surface area contributed by atoms with Crippen molar-refractivity contribution in [3.05, 3.63) is 29.8 Å². The van der Waals surface area contributed by atoms with Crippen molar-refractivity contribution in [1.29, 1.82) is 0 Å². The summed E-state index contributed by atoms with van der Waals surface area (Å²) in [7, 11) is 0. The van der Waals surface area contributed by atoms with E-state index >= 15 is 0 Å². The number of carbonyl (C=O) groups is 1. The molecule has 3 atom stereocenters. The molecule has 2 N–H and O–H groups in total. The van der Waals surface area contributed by atoms with Crippen molar-refractivity contribution in [2.24, 2.45) is 11.8 Å². The van der Waals surface area contributed by atoms with Crippen LogP contribution >= 0.6 is 0 Å².